The van der Waals surface area contributed by atoms with Crippen molar-refractivity contribution in [2.75, 3.05) is 58.4 Å². The minimum Gasteiger partial charge on any atom is -0.462 e. The fraction of sp³-hybridized carbons (Fsp3) is 0.483. The number of piperidine rings is 2. The zero-order chi connectivity index (χ0) is 27.9. The van der Waals surface area contributed by atoms with Gasteiger partial charge in [0.25, 0.3) is 5.91 Å². The van der Waals surface area contributed by atoms with Gasteiger partial charge in [0.1, 0.15) is 6.17 Å². The Morgan fingerprint density at radius 3 is 2.38 bits per heavy atom. The molecule has 2 aliphatic heterocycles. The highest BCUT2D eigenvalue weighted by atomic mass is 32.2. The highest BCUT2D eigenvalue weighted by Gasteiger charge is 2.44. The van der Waals surface area contributed by atoms with E-state index in [0.29, 0.717) is 59.6 Å². The second-order valence-electron chi connectivity index (χ2n) is 11.3. The molecular formula is C29H35FN4O5S. The first-order valence-corrected chi connectivity index (χ1v) is 15.6. The second-order valence-corrected chi connectivity index (χ2v) is 13.2. The van der Waals surface area contributed by atoms with Gasteiger partial charge in [-0.1, -0.05) is 0 Å². The molecule has 11 heteroatoms. The van der Waals surface area contributed by atoms with E-state index in [-0.39, 0.29) is 5.91 Å². The van der Waals surface area contributed by atoms with E-state index in [1.54, 1.807) is 24.5 Å². The lowest BCUT2D eigenvalue weighted by molar-refractivity contribution is 0.102. The molecule has 3 heterocycles. The first kappa shape index (κ1) is 26.9. The van der Waals surface area contributed by atoms with Gasteiger partial charge in [0, 0.05) is 37.3 Å². The standard InChI is InChI=1S/C29H35FN4O5S/c30-21-3-10-33(11-4-21)26-19-23(17-20-5-15-39-27(20)26)31-28(36)24-2-1-22(32-40(37,38)16-14-35)18-25(24)34-12-8-29(6-7-29)9-13-34/h1-2,5,15,17-19,21,32,35H,3-4,6-14,16H2,(H,31,36). The van der Waals surface area contributed by atoms with Crippen molar-refractivity contribution in [1.29, 1.82) is 0 Å². The number of benzene rings is 2. The third kappa shape index (κ3) is 5.62. The van der Waals surface area contributed by atoms with Crippen molar-refractivity contribution in [2.24, 2.45) is 5.41 Å². The number of carbonyl (C=O) groups excluding carboxylic acids is 1. The first-order valence-electron chi connectivity index (χ1n) is 14.0. The van der Waals surface area contributed by atoms with Crippen LogP contribution in [0.5, 0.6) is 0 Å². The summed E-state index contributed by atoms with van der Waals surface area (Å²) in [6, 6.07) is 10.5. The molecule has 3 aliphatic rings. The van der Waals surface area contributed by atoms with Crippen LogP contribution in [-0.2, 0) is 10.0 Å². The third-order valence-corrected chi connectivity index (χ3v) is 9.82. The van der Waals surface area contributed by atoms with Crippen molar-refractivity contribution >= 4 is 49.6 Å². The average Bonchev–Trinajstić information content (AvgIpc) is 3.50. The van der Waals surface area contributed by atoms with Gasteiger partial charge in [-0.15, -0.1) is 0 Å². The fourth-order valence-electron chi connectivity index (χ4n) is 5.96. The van der Waals surface area contributed by atoms with Crippen molar-refractivity contribution in [3.05, 3.63) is 48.2 Å². The van der Waals surface area contributed by atoms with Crippen LogP contribution in [0.1, 0.15) is 48.9 Å². The predicted molar refractivity (Wildman–Crippen MR) is 155 cm³/mol. The van der Waals surface area contributed by atoms with Gasteiger partial charge in [0.05, 0.1) is 41.2 Å². The van der Waals surface area contributed by atoms with E-state index in [2.05, 4.69) is 19.8 Å². The molecule has 0 radical (unpaired) electrons. The summed E-state index contributed by atoms with van der Waals surface area (Å²) in [5.41, 5.74) is 4.04. The Morgan fingerprint density at radius 1 is 0.975 bits per heavy atom. The monoisotopic (exact) mass is 570 g/mol. The van der Waals surface area contributed by atoms with E-state index in [1.807, 2.05) is 18.2 Å². The molecule has 1 saturated carbocycles. The molecule has 214 valence electrons. The summed E-state index contributed by atoms with van der Waals surface area (Å²) < 4.78 is 46.7. The molecule has 0 bridgehead atoms. The second kappa shape index (κ2) is 10.6. The Morgan fingerprint density at radius 2 is 1.68 bits per heavy atom. The van der Waals surface area contributed by atoms with E-state index in [1.165, 1.54) is 12.8 Å². The Kier molecular flexibility index (Phi) is 7.12. The van der Waals surface area contributed by atoms with E-state index in [0.717, 1.165) is 37.0 Å². The molecule has 3 fully saturated rings. The smallest absolute Gasteiger partial charge is 0.257 e. The van der Waals surface area contributed by atoms with Crippen LogP contribution in [0.3, 0.4) is 0 Å². The number of amides is 1. The van der Waals surface area contributed by atoms with Gasteiger partial charge in [-0.2, -0.15) is 0 Å². The van der Waals surface area contributed by atoms with Crippen molar-refractivity contribution in [3.63, 3.8) is 0 Å². The maximum Gasteiger partial charge on any atom is 0.257 e. The summed E-state index contributed by atoms with van der Waals surface area (Å²) in [5, 5.41) is 13.0. The molecule has 2 saturated heterocycles. The van der Waals surface area contributed by atoms with Gasteiger partial charge in [-0.05, 0) is 80.3 Å². The number of aliphatic hydroxyl groups excluding tert-OH is 1. The Labute approximate surface area is 233 Å². The van der Waals surface area contributed by atoms with Gasteiger partial charge in [0.15, 0.2) is 5.58 Å². The van der Waals surface area contributed by atoms with Crippen LogP contribution in [0.15, 0.2) is 47.1 Å². The number of halogens is 1. The summed E-state index contributed by atoms with van der Waals surface area (Å²) >= 11 is 0. The van der Waals surface area contributed by atoms with E-state index in [4.69, 9.17) is 9.52 Å². The Bertz CT molecular complexity index is 1500. The van der Waals surface area contributed by atoms with Crippen molar-refractivity contribution in [1.82, 2.24) is 0 Å². The van der Waals surface area contributed by atoms with Crippen LogP contribution >= 0.6 is 0 Å². The van der Waals surface area contributed by atoms with Crippen LogP contribution < -0.4 is 19.8 Å². The quantitative estimate of drug-likeness (QED) is 0.358. The number of alkyl halides is 1. The number of rotatable bonds is 8. The number of nitrogens with zero attached hydrogens (tertiary/aromatic N) is 2. The highest BCUT2D eigenvalue weighted by Crippen LogP contribution is 2.54. The fourth-order valence-corrected chi connectivity index (χ4v) is 6.78. The average molecular weight is 571 g/mol. The van der Waals surface area contributed by atoms with E-state index >= 15 is 0 Å². The molecule has 3 aromatic rings. The molecule has 2 aromatic carbocycles. The minimum absolute atomic E-state index is 0.303. The topological polar surface area (TPSA) is 115 Å². The molecule has 40 heavy (non-hydrogen) atoms. The highest BCUT2D eigenvalue weighted by molar-refractivity contribution is 7.92. The van der Waals surface area contributed by atoms with Crippen LogP contribution in [0, 0.1) is 5.41 Å². The van der Waals surface area contributed by atoms with E-state index in [9.17, 15) is 17.6 Å². The van der Waals surface area contributed by atoms with Crippen LogP contribution in [-0.4, -0.2) is 64.1 Å². The van der Waals surface area contributed by atoms with Crippen molar-refractivity contribution in [2.45, 2.75) is 44.7 Å². The van der Waals surface area contributed by atoms with Gasteiger partial charge in [-0.25, -0.2) is 12.8 Å². The third-order valence-electron chi connectivity index (χ3n) is 8.55. The summed E-state index contributed by atoms with van der Waals surface area (Å²) in [6.45, 7) is 2.25. The van der Waals surface area contributed by atoms with Gasteiger partial charge in [-0.3, -0.25) is 9.52 Å². The lowest BCUT2D eigenvalue weighted by atomic mass is 9.93. The Balaban J connectivity index is 1.29. The van der Waals surface area contributed by atoms with Crippen LogP contribution in [0.25, 0.3) is 11.0 Å². The lowest BCUT2D eigenvalue weighted by Crippen LogP contribution is -2.36. The zero-order valence-corrected chi connectivity index (χ0v) is 23.2. The van der Waals surface area contributed by atoms with Crippen LogP contribution in [0.4, 0.5) is 27.1 Å². The molecular weight excluding hydrogens is 535 g/mol. The number of sulfonamides is 1. The number of hydrogen-bond acceptors (Lipinski definition) is 7. The summed E-state index contributed by atoms with van der Waals surface area (Å²) in [7, 11) is -3.71. The number of hydrogen-bond donors (Lipinski definition) is 3. The SMILES string of the molecule is O=C(Nc1cc(N2CCC(F)CC2)c2occc2c1)c1ccc(NS(=O)(=O)CCO)cc1N1CCC2(CC1)CC2. The zero-order valence-electron chi connectivity index (χ0n) is 22.4. The maximum atomic E-state index is 13.8. The number of nitrogens with one attached hydrogen (secondary N) is 2. The number of anilines is 4. The van der Waals surface area contributed by atoms with Gasteiger partial charge >= 0.3 is 0 Å². The van der Waals surface area contributed by atoms with Crippen LogP contribution in [0.2, 0.25) is 0 Å². The summed E-state index contributed by atoms with van der Waals surface area (Å²) in [5.74, 6) is -0.707. The Hall–Kier alpha value is -3.31. The van der Waals surface area contributed by atoms with Crippen molar-refractivity contribution in [3.8, 4) is 0 Å². The summed E-state index contributed by atoms with van der Waals surface area (Å²) in [4.78, 5) is 18.0. The molecule has 1 aromatic heterocycles. The van der Waals surface area contributed by atoms with Gasteiger partial charge < -0.3 is 24.6 Å². The molecule has 1 spiro atoms. The number of fused-ring (bicyclic) bond motifs is 1. The maximum absolute atomic E-state index is 13.8. The number of furan rings is 1. The molecule has 3 N–H and O–H groups in total. The normalized spacial score (nSPS) is 19.2. The molecule has 0 unspecified atom stereocenters. The number of aliphatic hydroxyl groups is 1. The van der Waals surface area contributed by atoms with Crippen molar-refractivity contribution < 1.29 is 27.1 Å². The lowest BCUT2D eigenvalue weighted by Gasteiger charge is -2.35. The predicted octanol–water partition coefficient (Wildman–Crippen LogP) is 4.74. The summed E-state index contributed by atoms with van der Waals surface area (Å²) in [6.07, 6.45) is 6.30. The van der Waals surface area contributed by atoms with Gasteiger partial charge in [0.2, 0.25) is 10.0 Å². The minimum atomic E-state index is -3.71. The number of carbonyl (C=O) groups is 1. The largest absolute Gasteiger partial charge is 0.462 e. The molecule has 0 atom stereocenters. The van der Waals surface area contributed by atoms with E-state index < -0.39 is 28.6 Å². The molecule has 1 aliphatic carbocycles. The molecule has 9 nitrogen and oxygen atoms in total. The molecule has 1 amide bonds. The molecule has 6 rings (SSSR count). The first-order chi connectivity index (χ1) is 19.2.